The van der Waals surface area contributed by atoms with Gasteiger partial charge < -0.3 is 30.1 Å². The lowest BCUT2D eigenvalue weighted by Gasteiger charge is -2.31. The van der Waals surface area contributed by atoms with Crippen LogP contribution >= 0.6 is 0 Å². The summed E-state index contributed by atoms with van der Waals surface area (Å²) < 4.78 is 33.6. The highest BCUT2D eigenvalue weighted by molar-refractivity contribution is 7.89. The van der Waals surface area contributed by atoms with Crippen molar-refractivity contribution in [2.45, 2.75) is 62.4 Å². The number of carboxylic acids is 2. The highest BCUT2D eigenvalue weighted by Crippen LogP contribution is 2.28. The minimum atomic E-state index is -4.59. The van der Waals surface area contributed by atoms with E-state index in [0.717, 1.165) is 25.0 Å². The molecule has 2 aliphatic rings. The number of nitrogens with zero attached hydrogens (tertiary/aromatic N) is 3. The predicted octanol–water partition coefficient (Wildman–Crippen LogP) is 0.405. The highest BCUT2D eigenvalue weighted by Gasteiger charge is 2.39. The van der Waals surface area contributed by atoms with E-state index >= 15 is 0 Å². The molecule has 0 bridgehead atoms. The third-order valence-corrected chi connectivity index (χ3v) is 8.55. The number of carboxylic acid groups (broad SMARTS) is 2. The molecule has 17 heteroatoms. The van der Waals surface area contributed by atoms with Crippen LogP contribution in [0.4, 0.5) is 4.79 Å². The van der Waals surface area contributed by atoms with E-state index in [4.69, 9.17) is 9.84 Å². The van der Waals surface area contributed by atoms with Crippen molar-refractivity contribution in [2.24, 2.45) is 11.0 Å². The second kappa shape index (κ2) is 16.0. The van der Waals surface area contributed by atoms with E-state index in [-0.39, 0.29) is 38.1 Å². The van der Waals surface area contributed by atoms with Crippen molar-refractivity contribution in [1.82, 2.24) is 25.3 Å². The van der Waals surface area contributed by atoms with Crippen LogP contribution < -0.4 is 15.5 Å². The standard InChI is InChI=1S/C27H38N6O10S/c1-2-43-27(40)30-29-17-32-12-5-6-18(16-32)15-28-23(34)14-21(25(37)33(19-9-10-19)13-11-24(35)36)31-44(41,42)22-8-4-3-7-20(22)26(38)39/h3-4,7-8,17-19,21,31H,2,5-6,9-16H2,1H3,(H,28,34)(H,30,40)(H,35,36)(H,38,39)/t18-,21-/m0/s1. The molecule has 1 aliphatic carbocycles. The lowest BCUT2D eigenvalue weighted by Crippen LogP contribution is -2.52. The van der Waals surface area contributed by atoms with Crippen molar-refractivity contribution in [1.29, 1.82) is 0 Å². The van der Waals surface area contributed by atoms with E-state index in [1.165, 1.54) is 23.4 Å². The Morgan fingerprint density at radius 1 is 1.16 bits per heavy atom. The maximum atomic E-state index is 13.6. The van der Waals surface area contributed by atoms with Crippen LogP contribution in [-0.2, 0) is 29.1 Å². The molecule has 2 atom stereocenters. The van der Waals surface area contributed by atoms with E-state index in [9.17, 15) is 37.5 Å². The van der Waals surface area contributed by atoms with E-state index in [1.54, 1.807) is 6.92 Å². The summed E-state index contributed by atoms with van der Waals surface area (Å²) in [5, 5.41) is 25.2. The SMILES string of the molecule is CCOC(=O)NN=CN1CCC[C@@H](CNC(=O)C[C@H](NS(=O)(=O)c2ccccc2C(=O)O)C(=O)N(CCC(=O)O)C2CC2)C1. The fraction of sp³-hybridized carbons (Fsp3) is 0.556. The second-order valence-electron chi connectivity index (χ2n) is 10.5. The summed E-state index contributed by atoms with van der Waals surface area (Å²) in [6.07, 6.45) is 2.60. The van der Waals surface area contributed by atoms with Crippen molar-refractivity contribution in [3.63, 3.8) is 0 Å². The second-order valence-corrected chi connectivity index (χ2v) is 12.2. The number of carbonyl (C=O) groups is 5. The van der Waals surface area contributed by atoms with Gasteiger partial charge in [-0.1, -0.05) is 12.1 Å². The molecule has 1 aromatic carbocycles. The number of rotatable bonds is 16. The minimum absolute atomic E-state index is 0.00596. The largest absolute Gasteiger partial charge is 0.481 e. The molecule has 1 aromatic rings. The van der Waals surface area contributed by atoms with E-state index < -0.39 is 62.8 Å². The minimum Gasteiger partial charge on any atom is -0.481 e. The maximum absolute atomic E-state index is 13.6. The molecule has 0 aromatic heterocycles. The molecule has 0 spiro atoms. The normalized spacial score (nSPS) is 17.5. The van der Waals surface area contributed by atoms with Gasteiger partial charge in [0.15, 0.2) is 0 Å². The number of hydrogen-bond acceptors (Lipinski definition) is 9. The average molecular weight is 639 g/mol. The summed E-state index contributed by atoms with van der Waals surface area (Å²) in [4.78, 5) is 63.5. The van der Waals surface area contributed by atoms with Crippen molar-refractivity contribution >= 4 is 46.2 Å². The molecule has 44 heavy (non-hydrogen) atoms. The Kier molecular flexibility index (Phi) is 12.5. The van der Waals surface area contributed by atoms with Crippen LogP contribution in [0.3, 0.4) is 0 Å². The van der Waals surface area contributed by atoms with Crippen LogP contribution in [0.15, 0.2) is 34.3 Å². The van der Waals surface area contributed by atoms with Gasteiger partial charge in [0.25, 0.3) is 0 Å². The molecule has 3 amide bonds. The zero-order valence-corrected chi connectivity index (χ0v) is 25.1. The number of likely N-dealkylation sites (tertiary alicyclic amines) is 1. The van der Waals surface area contributed by atoms with Gasteiger partial charge in [0.1, 0.15) is 12.4 Å². The molecule has 242 valence electrons. The number of benzene rings is 1. The molecule has 1 saturated carbocycles. The predicted molar refractivity (Wildman–Crippen MR) is 155 cm³/mol. The van der Waals surface area contributed by atoms with Gasteiger partial charge in [-0.05, 0) is 50.7 Å². The molecule has 1 aliphatic heterocycles. The zero-order valence-electron chi connectivity index (χ0n) is 24.3. The first-order valence-corrected chi connectivity index (χ1v) is 15.7. The van der Waals surface area contributed by atoms with Crippen LogP contribution in [0.5, 0.6) is 0 Å². The number of sulfonamides is 1. The Morgan fingerprint density at radius 2 is 1.89 bits per heavy atom. The van der Waals surface area contributed by atoms with Gasteiger partial charge in [0, 0.05) is 32.2 Å². The van der Waals surface area contributed by atoms with Gasteiger partial charge in [0.2, 0.25) is 21.8 Å². The van der Waals surface area contributed by atoms with Crippen LogP contribution in [-0.4, -0.2) is 109 Å². The number of amides is 3. The molecule has 1 heterocycles. The van der Waals surface area contributed by atoms with Crippen LogP contribution in [0.25, 0.3) is 0 Å². The number of ether oxygens (including phenoxy) is 1. The van der Waals surface area contributed by atoms with E-state index in [1.807, 2.05) is 4.90 Å². The van der Waals surface area contributed by atoms with Gasteiger partial charge >= 0.3 is 18.0 Å². The summed E-state index contributed by atoms with van der Waals surface area (Å²) >= 11 is 0. The van der Waals surface area contributed by atoms with Gasteiger partial charge in [-0.15, -0.1) is 0 Å². The fourth-order valence-electron chi connectivity index (χ4n) is 4.79. The van der Waals surface area contributed by atoms with Crippen molar-refractivity contribution in [3.8, 4) is 0 Å². The molecular formula is C27H38N6O10S. The molecule has 3 rings (SSSR count). The Balaban J connectivity index is 1.70. The third-order valence-electron chi connectivity index (χ3n) is 7.02. The van der Waals surface area contributed by atoms with E-state index in [2.05, 4.69) is 20.6 Å². The van der Waals surface area contributed by atoms with Crippen LogP contribution in [0.2, 0.25) is 0 Å². The Hall–Kier alpha value is -4.25. The van der Waals surface area contributed by atoms with Gasteiger partial charge in [0.05, 0.1) is 29.9 Å². The number of aliphatic carboxylic acids is 1. The smallest absolute Gasteiger partial charge is 0.427 e. The average Bonchev–Trinajstić information content (AvgIpc) is 3.81. The molecule has 1 saturated heterocycles. The molecule has 0 unspecified atom stereocenters. The quantitative estimate of drug-likeness (QED) is 0.0947. The first-order valence-electron chi connectivity index (χ1n) is 14.2. The summed E-state index contributed by atoms with van der Waals surface area (Å²) in [6.45, 7) is 3.12. The third kappa shape index (κ3) is 10.5. The van der Waals surface area contributed by atoms with Gasteiger partial charge in [-0.3, -0.25) is 14.4 Å². The highest BCUT2D eigenvalue weighted by atomic mass is 32.2. The zero-order chi connectivity index (χ0) is 32.3. The number of nitrogens with one attached hydrogen (secondary N) is 3. The number of aromatic carboxylic acids is 1. The topological polar surface area (TPSA) is 224 Å². The molecule has 2 fully saturated rings. The first kappa shape index (κ1) is 34.2. The first-order chi connectivity index (χ1) is 20.9. The number of piperidine rings is 1. The number of hydrogen-bond donors (Lipinski definition) is 5. The van der Waals surface area contributed by atoms with Crippen molar-refractivity contribution < 1.29 is 47.3 Å². The summed E-state index contributed by atoms with van der Waals surface area (Å²) in [7, 11) is -4.59. The lowest BCUT2D eigenvalue weighted by molar-refractivity contribution is -0.140. The Morgan fingerprint density at radius 3 is 2.55 bits per heavy atom. The Labute approximate surface area is 254 Å². The van der Waals surface area contributed by atoms with Gasteiger partial charge in [-0.2, -0.15) is 9.82 Å². The maximum Gasteiger partial charge on any atom is 0.427 e. The number of hydrazone groups is 1. The van der Waals surface area contributed by atoms with Crippen molar-refractivity contribution in [2.75, 3.05) is 32.8 Å². The number of carbonyl (C=O) groups excluding carboxylic acids is 3. The summed E-state index contributed by atoms with van der Waals surface area (Å²) in [5.41, 5.74) is 1.73. The van der Waals surface area contributed by atoms with Crippen molar-refractivity contribution in [3.05, 3.63) is 29.8 Å². The summed E-state index contributed by atoms with van der Waals surface area (Å²) in [5.74, 6) is -4.03. The van der Waals surface area contributed by atoms with E-state index in [0.29, 0.717) is 25.9 Å². The summed E-state index contributed by atoms with van der Waals surface area (Å²) in [6, 6.07) is 2.98. The van der Waals surface area contributed by atoms with Crippen LogP contribution in [0, 0.1) is 5.92 Å². The lowest BCUT2D eigenvalue weighted by atomic mass is 9.98. The Bertz CT molecular complexity index is 1350. The molecule has 5 N–H and O–H groups in total. The monoisotopic (exact) mass is 638 g/mol. The molecular weight excluding hydrogens is 600 g/mol. The fourth-order valence-corrected chi connectivity index (χ4v) is 6.18. The molecule has 0 radical (unpaired) electrons. The molecule has 16 nitrogen and oxygen atoms in total. The van der Waals surface area contributed by atoms with Gasteiger partial charge in [-0.25, -0.2) is 23.4 Å². The van der Waals surface area contributed by atoms with Crippen LogP contribution in [0.1, 0.15) is 55.8 Å².